The number of hydrogen-bond donors (Lipinski definition) is 1. The molecule has 1 heterocycles. The fraction of sp³-hybridized carbons (Fsp3) is 0.537. The van der Waals surface area contributed by atoms with Gasteiger partial charge in [-0.3, -0.25) is 4.99 Å². The van der Waals surface area contributed by atoms with E-state index in [1.807, 2.05) is 13.0 Å². The van der Waals surface area contributed by atoms with Crippen LogP contribution in [0.2, 0.25) is 0 Å². The van der Waals surface area contributed by atoms with Gasteiger partial charge >= 0.3 is 0 Å². The van der Waals surface area contributed by atoms with E-state index in [-0.39, 0.29) is 36.4 Å². The third-order valence-corrected chi connectivity index (χ3v) is 10.4. The SMILES string of the molecule is C=CCC(F)(F)CCC1CCC(C2CCC(F)(C=C)CC2)=NC2=C1c1cc(OC)c(C(/C(C)=C/CCC)=C(\C)O)cc1C(C)CC=C2. The zero-order chi connectivity index (χ0) is 34.4. The summed E-state index contributed by atoms with van der Waals surface area (Å²) in [6.45, 7) is 15.3. The van der Waals surface area contributed by atoms with Crippen molar-refractivity contribution in [2.45, 2.75) is 122 Å². The maximum Gasteiger partial charge on any atom is 0.251 e. The molecule has 6 heteroatoms. The van der Waals surface area contributed by atoms with E-state index in [4.69, 9.17) is 9.73 Å². The summed E-state index contributed by atoms with van der Waals surface area (Å²) in [5, 5.41) is 10.9. The summed E-state index contributed by atoms with van der Waals surface area (Å²) in [5.41, 5.74) is 6.12. The standard InChI is InChI=1S/C41H54F3NO2/c1-8-11-13-28(5)38(29(6)46)34-25-32-27(4)14-12-15-36-39(33(32)26-37(34)47-7)31(20-24-41(43,44)21-9-2)16-17-35(45-36)30-18-22-40(42,10-3)23-19-30/h9-10,12-13,15,25-27,30-31,46H,2-3,8,11,14,16-24H2,1,4-7H3/b15-12?,28-13+,38-29+. The fourth-order valence-electron chi connectivity index (χ4n) is 7.62. The van der Waals surface area contributed by atoms with E-state index in [1.54, 1.807) is 14.0 Å². The lowest BCUT2D eigenvalue weighted by Gasteiger charge is -2.32. The summed E-state index contributed by atoms with van der Waals surface area (Å²) < 4.78 is 51.0. The third kappa shape index (κ3) is 8.61. The minimum absolute atomic E-state index is 0.129. The van der Waals surface area contributed by atoms with Crippen LogP contribution >= 0.6 is 0 Å². The number of nitrogens with zero attached hydrogens (tertiary/aromatic N) is 1. The van der Waals surface area contributed by atoms with E-state index in [2.05, 4.69) is 51.3 Å². The number of halogens is 3. The van der Waals surface area contributed by atoms with Crippen molar-refractivity contribution in [3.8, 4) is 5.75 Å². The van der Waals surface area contributed by atoms with Crippen molar-refractivity contribution in [3.05, 3.63) is 89.4 Å². The number of aliphatic hydroxyl groups is 1. The van der Waals surface area contributed by atoms with E-state index in [0.717, 1.165) is 64.1 Å². The second-order valence-corrected chi connectivity index (χ2v) is 13.9. The number of aliphatic hydroxyl groups excluding tert-OH is 1. The molecule has 0 spiro atoms. The molecule has 3 nitrogen and oxygen atoms in total. The molecule has 4 rings (SSSR count). The molecular formula is C41H54F3NO2. The molecular weight excluding hydrogens is 595 g/mol. The lowest BCUT2D eigenvalue weighted by Crippen LogP contribution is -2.30. The number of fused-ring (bicyclic) bond motifs is 2. The quantitative estimate of drug-likeness (QED) is 0.139. The van der Waals surface area contributed by atoms with Crippen molar-refractivity contribution < 1.29 is 23.0 Å². The number of methoxy groups -OCH3 is 1. The fourth-order valence-corrected chi connectivity index (χ4v) is 7.62. The van der Waals surface area contributed by atoms with Crippen LogP contribution in [0.15, 0.2) is 77.7 Å². The molecule has 1 N–H and O–H groups in total. The van der Waals surface area contributed by atoms with Gasteiger partial charge in [-0.1, -0.05) is 51.2 Å². The third-order valence-electron chi connectivity index (χ3n) is 10.4. The van der Waals surface area contributed by atoms with Gasteiger partial charge in [0.25, 0.3) is 5.92 Å². The van der Waals surface area contributed by atoms with E-state index in [0.29, 0.717) is 50.7 Å². The highest BCUT2D eigenvalue weighted by Gasteiger charge is 2.37. The van der Waals surface area contributed by atoms with Gasteiger partial charge in [-0.05, 0) is 130 Å². The van der Waals surface area contributed by atoms with E-state index in [9.17, 15) is 13.9 Å². The van der Waals surface area contributed by atoms with Gasteiger partial charge in [0, 0.05) is 29.7 Å². The topological polar surface area (TPSA) is 41.8 Å². The summed E-state index contributed by atoms with van der Waals surface area (Å²) in [5.74, 6) is -1.87. The smallest absolute Gasteiger partial charge is 0.251 e. The Morgan fingerprint density at radius 3 is 2.51 bits per heavy atom. The maximum absolute atomic E-state index is 15.1. The molecule has 2 atom stereocenters. The Labute approximate surface area is 280 Å². The highest BCUT2D eigenvalue weighted by Crippen LogP contribution is 2.48. The van der Waals surface area contributed by atoms with Crippen LogP contribution in [0.1, 0.15) is 127 Å². The van der Waals surface area contributed by atoms with Gasteiger partial charge in [-0.15, -0.1) is 6.58 Å². The van der Waals surface area contributed by atoms with Gasteiger partial charge in [0.2, 0.25) is 0 Å². The molecule has 1 saturated carbocycles. The zero-order valence-corrected chi connectivity index (χ0v) is 29.1. The highest BCUT2D eigenvalue weighted by molar-refractivity contribution is 5.92. The number of alkyl halides is 3. The van der Waals surface area contributed by atoms with Crippen LogP contribution in [0, 0.1) is 11.8 Å². The van der Waals surface area contributed by atoms with Gasteiger partial charge in [-0.25, -0.2) is 13.2 Å². The van der Waals surface area contributed by atoms with Crippen molar-refractivity contribution in [1.29, 1.82) is 0 Å². The Hall–Kier alpha value is -3.28. The molecule has 0 amide bonds. The zero-order valence-electron chi connectivity index (χ0n) is 29.1. The van der Waals surface area contributed by atoms with Gasteiger partial charge in [-0.2, -0.15) is 0 Å². The molecule has 3 aliphatic rings. The van der Waals surface area contributed by atoms with Gasteiger partial charge in [0.15, 0.2) is 0 Å². The van der Waals surface area contributed by atoms with Crippen LogP contribution in [-0.2, 0) is 0 Å². The number of unbranched alkanes of at least 4 members (excludes halogenated alkanes) is 1. The predicted octanol–water partition coefficient (Wildman–Crippen LogP) is 12.4. The van der Waals surface area contributed by atoms with E-state index >= 15 is 4.39 Å². The van der Waals surface area contributed by atoms with Crippen LogP contribution < -0.4 is 4.74 Å². The molecule has 2 aliphatic carbocycles. The molecule has 1 aromatic rings. The Morgan fingerprint density at radius 1 is 1.17 bits per heavy atom. The van der Waals surface area contributed by atoms with Crippen molar-refractivity contribution in [2.75, 3.05) is 7.11 Å². The minimum atomic E-state index is -2.84. The number of benzene rings is 1. The normalized spacial score (nSPS) is 25.8. The van der Waals surface area contributed by atoms with Crippen molar-refractivity contribution in [3.63, 3.8) is 0 Å². The first kappa shape index (κ1) is 36.6. The van der Waals surface area contributed by atoms with Gasteiger partial charge < -0.3 is 9.84 Å². The average Bonchev–Trinajstić information content (AvgIpc) is 3.21. The molecule has 0 saturated heterocycles. The number of allylic oxidation sites excluding steroid dienone is 9. The van der Waals surface area contributed by atoms with Crippen LogP contribution in [0.3, 0.4) is 0 Å². The van der Waals surface area contributed by atoms with Gasteiger partial charge in [0.05, 0.1) is 18.6 Å². The van der Waals surface area contributed by atoms with Crippen LogP contribution in [-0.4, -0.2) is 29.5 Å². The van der Waals surface area contributed by atoms with Crippen molar-refractivity contribution in [1.82, 2.24) is 0 Å². The van der Waals surface area contributed by atoms with Crippen LogP contribution in [0.5, 0.6) is 5.75 Å². The van der Waals surface area contributed by atoms with E-state index in [1.165, 1.54) is 12.2 Å². The molecule has 1 fully saturated rings. The largest absolute Gasteiger partial charge is 0.512 e. The molecule has 256 valence electrons. The first-order valence-electron chi connectivity index (χ1n) is 17.5. The monoisotopic (exact) mass is 649 g/mol. The second-order valence-electron chi connectivity index (χ2n) is 13.9. The van der Waals surface area contributed by atoms with Crippen molar-refractivity contribution >= 4 is 16.9 Å². The summed E-state index contributed by atoms with van der Waals surface area (Å²) in [6, 6.07) is 4.18. The van der Waals surface area contributed by atoms with Crippen molar-refractivity contribution in [2.24, 2.45) is 16.8 Å². The Bertz CT molecular complexity index is 1470. The number of hydrogen-bond acceptors (Lipinski definition) is 3. The Kier molecular flexibility index (Phi) is 12.2. The second kappa shape index (κ2) is 15.7. The number of ether oxygens (including phenoxy) is 1. The Balaban J connectivity index is 1.91. The molecule has 1 aromatic carbocycles. The summed E-state index contributed by atoms with van der Waals surface area (Å²) in [6.07, 6.45) is 15.1. The first-order valence-corrected chi connectivity index (χ1v) is 17.5. The average molecular weight is 650 g/mol. The van der Waals surface area contributed by atoms with E-state index < -0.39 is 11.6 Å². The minimum Gasteiger partial charge on any atom is -0.512 e. The lowest BCUT2D eigenvalue weighted by molar-refractivity contribution is -0.00863. The molecule has 0 bridgehead atoms. The summed E-state index contributed by atoms with van der Waals surface area (Å²) >= 11 is 0. The lowest BCUT2D eigenvalue weighted by atomic mass is 9.75. The highest BCUT2D eigenvalue weighted by atomic mass is 19.3. The molecule has 1 aliphatic heterocycles. The number of aliphatic imine (C=N–C) groups is 1. The Morgan fingerprint density at radius 2 is 1.89 bits per heavy atom. The summed E-state index contributed by atoms with van der Waals surface area (Å²) in [7, 11) is 1.64. The van der Waals surface area contributed by atoms with Gasteiger partial charge in [0.1, 0.15) is 11.4 Å². The molecule has 0 radical (unpaired) electrons. The number of rotatable bonds is 12. The maximum atomic E-state index is 15.1. The molecule has 2 unspecified atom stereocenters. The first-order chi connectivity index (χ1) is 22.4. The van der Waals surface area contributed by atoms with Crippen LogP contribution in [0.4, 0.5) is 13.2 Å². The summed E-state index contributed by atoms with van der Waals surface area (Å²) in [4.78, 5) is 5.31. The molecule has 0 aromatic heterocycles. The van der Waals surface area contributed by atoms with Crippen LogP contribution in [0.25, 0.3) is 11.1 Å². The molecule has 47 heavy (non-hydrogen) atoms. The predicted molar refractivity (Wildman–Crippen MR) is 191 cm³/mol.